The van der Waals surface area contributed by atoms with Gasteiger partial charge < -0.3 is 9.80 Å². The summed E-state index contributed by atoms with van der Waals surface area (Å²) in [4.78, 5) is 25.4. The number of amides is 1. The van der Waals surface area contributed by atoms with Gasteiger partial charge in [0.25, 0.3) is 0 Å². The average molecular weight is 343 g/mol. The monoisotopic (exact) mass is 343 g/mol. The number of halogens is 3. The van der Waals surface area contributed by atoms with Gasteiger partial charge in [-0.1, -0.05) is 0 Å². The molecule has 3 heterocycles. The molecule has 1 aromatic heterocycles. The molecule has 132 valence electrons. The van der Waals surface area contributed by atoms with Gasteiger partial charge in [0.15, 0.2) is 0 Å². The van der Waals surface area contributed by atoms with Crippen LogP contribution < -0.4 is 4.90 Å². The van der Waals surface area contributed by atoms with Crippen molar-refractivity contribution in [2.45, 2.75) is 31.6 Å². The normalized spacial score (nSPS) is 22.4. The molecule has 0 N–H and O–H groups in total. The molecule has 1 unspecified atom stereocenters. The van der Waals surface area contributed by atoms with Gasteiger partial charge in [0.1, 0.15) is 18.7 Å². The highest BCUT2D eigenvalue weighted by atomic mass is 19.4. The molecule has 6 nitrogen and oxygen atoms in total. The topological polar surface area (TPSA) is 52.6 Å². The molecule has 0 aromatic carbocycles. The smallest absolute Gasteiger partial charge is 0.353 e. The zero-order valence-corrected chi connectivity index (χ0v) is 13.6. The van der Waals surface area contributed by atoms with Gasteiger partial charge in [-0.25, -0.2) is 9.97 Å². The first-order valence-electron chi connectivity index (χ1n) is 7.85. The highest BCUT2D eigenvalue weighted by Gasteiger charge is 2.44. The molecule has 0 radical (unpaired) electrons. The Morgan fingerprint density at radius 2 is 2.04 bits per heavy atom. The minimum atomic E-state index is -4.35. The summed E-state index contributed by atoms with van der Waals surface area (Å²) in [6.07, 6.45) is -2.40. The number of carbonyl (C=O) groups excluding carboxylic acids is 1. The lowest BCUT2D eigenvalue weighted by Gasteiger charge is -2.46. The van der Waals surface area contributed by atoms with E-state index in [0.717, 1.165) is 16.4 Å². The fraction of sp³-hybridized carbons (Fsp3) is 0.667. The number of anilines is 1. The van der Waals surface area contributed by atoms with E-state index in [9.17, 15) is 18.0 Å². The van der Waals surface area contributed by atoms with Crippen molar-refractivity contribution in [1.29, 1.82) is 0 Å². The number of aryl methyl sites for hydroxylation is 1. The van der Waals surface area contributed by atoms with Crippen LogP contribution in [0.5, 0.6) is 0 Å². The van der Waals surface area contributed by atoms with E-state index in [1.165, 1.54) is 6.33 Å². The van der Waals surface area contributed by atoms with E-state index in [-0.39, 0.29) is 12.6 Å². The predicted octanol–water partition coefficient (Wildman–Crippen LogP) is 1.07. The number of carbonyl (C=O) groups is 1. The lowest BCUT2D eigenvalue weighted by Crippen LogP contribution is -2.62. The van der Waals surface area contributed by atoms with Gasteiger partial charge in [-0.3, -0.25) is 9.69 Å². The first-order chi connectivity index (χ1) is 11.2. The van der Waals surface area contributed by atoms with Crippen molar-refractivity contribution in [2.24, 2.45) is 0 Å². The maximum Gasteiger partial charge on any atom is 0.406 e. The Kier molecular flexibility index (Phi) is 4.37. The molecular formula is C15H20F3N5O. The maximum absolute atomic E-state index is 12.5. The zero-order chi connectivity index (χ0) is 17.5. The highest BCUT2D eigenvalue weighted by Crippen LogP contribution is 2.27. The summed E-state index contributed by atoms with van der Waals surface area (Å²) in [7, 11) is 1.81. The summed E-state index contributed by atoms with van der Waals surface area (Å²) in [5, 5.41) is 0. The fourth-order valence-corrected chi connectivity index (χ4v) is 3.24. The van der Waals surface area contributed by atoms with Crippen LogP contribution in [0.25, 0.3) is 0 Å². The second-order valence-corrected chi connectivity index (χ2v) is 6.42. The molecule has 0 aliphatic carbocycles. The molecular weight excluding hydrogens is 323 g/mol. The molecule has 2 aliphatic heterocycles. The molecule has 2 aliphatic rings. The van der Waals surface area contributed by atoms with Crippen molar-refractivity contribution in [1.82, 2.24) is 19.8 Å². The first kappa shape index (κ1) is 16.9. The Labute approximate surface area is 138 Å². The number of rotatable bonds is 4. The van der Waals surface area contributed by atoms with E-state index in [1.54, 1.807) is 0 Å². The van der Waals surface area contributed by atoms with E-state index in [2.05, 4.69) is 14.9 Å². The summed E-state index contributed by atoms with van der Waals surface area (Å²) in [6, 6.07) is 1.56. The quantitative estimate of drug-likeness (QED) is 0.819. The fourth-order valence-electron chi connectivity index (χ4n) is 3.24. The van der Waals surface area contributed by atoms with Crippen LogP contribution >= 0.6 is 0 Å². The second-order valence-electron chi connectivity index (χ2n) is 6.42. The molecule has 1 amide bonds. The van der Waals surface area contributed by atoms with Crippen molar-refractivity contribution >= 4 is 11.7 Å². The van der Waals surface area contributed by atoms with Gasteiger partial charge in [-0.2, -0.15) is 13.2 Å². The van der Waals surface area contributed by atoms with Crippen molar-refractivity contribution in [2.75, 3.05) is 38.1 Å². The van der Waals surface area contributed by atoms with Gasteiger partial charge >= 0.3 is 6.18 Å². The Bertz CT molecular complexity index is 617. The van der Waals surface area contributed by atoms with Gasteiger partial charge in [-0.15, -0.1) is 0 Å². The van der Waals surface area contributed by atoms with E-state index in [4.69, 9.17) is 0 Å². The lowest BCUT2D eigenvalue weighted by atomic mass is 10.0. The molecule has 2 saturated heterocycles. The van der Waals surface area contributed by atoms with Crippen molar-refractivity contribution < 1.29 is 18.0 Å². The number of likely N-dealkylation sites (N-methyl/N-ethyl adjacent to an activating group) is 1. The summed E-state index contributed by atoms with van der Waals surface area (Å²) in [5.74, 6) is 0.412. The highest BCUT2D eigenvalue weighted by molar-refractivity contribution is 5.84. The Balaban J connectivity index is 1.55. The number of nitrogens with zero attached hydrogens (tertiary/aromatic N) is 5. The maximum atomic E-state index is 12.5. The number of hydrogen-bond donors (Lipinski definition) is 0. The van der Waals surface area contributed by atoms with Crippen LogP contribution in [0.1, 0.15) is 12.1 Å². The first-order valence-corrected chi connectivity index (χ1v) is 7.85. The molecule has 2 fully saturated rings. The van der Waals surface area contributed by atoms with Gasteiger partial charge in [0.05, 0.1) is 6.04 Å². The van der Waals surface area contributed by atoms with E-state index in [0.29, 0.717) is 19.5 Å². The summed E-state index contributed by atoms with van der Waals surface area (Å²) in [6.45, 7) is 2.30. The van der Waals surface area contributed by atoms with Gasteiger partial charge in [0, 0.05) is 37.4 Å². The third kappa shape index (κ3) is 3.45. The molecule has 24 heavy (non-hydrogen) atoms. The SMILES string of the molecule is Cc1cc(N2CC(N(C)C3CCN(CC(F)(F)F)C3=O)C2)ncn1. The third-order valence-electron chi connectivity index (χ3n) is 4.68. The van der Waals surface area contributed by atoms with Crippen LogP contribution in [0, 0.1) is 6.92 Å². The number of aromatic nitrogens is 2. The standard InChI is InChI=1S/C15H20F3N5O/c1-10-5-13(20-9-19-10)23-6-11(7-23)21(2)12-3-4-22(14(12)24)8-15(16,17)18/h5,9,11-12H,3-4,6-8H2,1-2H3. The van der Waals surface area contributed by atoms with Crippen LogP contribution in [-0.2, 0) is 4.79 Å². The lowest BCUT2D eigenvalue weighted by molar-refractivity contribution is -0.159. The minimum absolute atomic E-state index is 0.139. The Morgan fingerprint density at radius 1 is 1.33 bits per heavy atom. The molecule has 0 saturated carbocycles. The van der Waals surface area contributed by atoms with Gasteiger partial charge in [0.2, 0.25) is 5.91 Å². The summed E-state index contributed by atoms with van der Waals surface area (Å²) < 4.78 is 37.5. The van der Waals surface area contributed by atoms with Crippen molar-refractivity contribution in [3.63, 3.8) is 0 Å². The summed E-state index contributed by atoms with van der Waals surface area (Å²) in [5.41, 5.74) is 0.880. The summed E-state index contributed by atoms with van der Waals surface area (Å²) >= 11 is 0. The van der Waals surface area contributed by atoms with Crippen molar-refractivity contribution in [3.8, 4) is 0 Å². The number of hydrogen-bond acceptors (Lipinski definition) is 5. The van der Waals surface area contributed by atoms with Crippen molar-refractivity contribution in [3.05, 3.63) is 18.1 Å². The second kappa shape index (κ2) is 6.19. The molecule has 9 heteroatoms. The minimum Gasteiger partial charge on any atom is -0.353 e. The van der Waals surface area contributed by atoms with Crippen LogP contribution in [0.2, 0.25) is 0 Å². The molecule has 1 aromatic rings. The predicted molar refractivity (Wildman–Crippen MR) is 81.6 cm³/mol. The average Bonchev–Trinajstić information content (AvgIpc) is 2.76. The van der Waals surface area contributed by atoms with Gasteiger partial charge in [-0.05, 0) is 20.4 Å². The van der Waals surface area contributed by atoms with Crippen LogP contribution in [0.4, 0.5) is 19.0 Å². The molecule has 3 rings (SSSR count). The molecule has 0 bridgehead atoms. The third-order valence-corrected chi connectivity index (χ3v) is 4.68. The van der Waals surface area contributed by atoms with E-state index < -0.39 is 24.7 Å². The molecule has 1 atom stereocenters. The molecule has 0 spiro atoms. The van der Waals surface area contributed by atoms with E-state index >= 15 is 0 Å². The zero-order valence-electron chi connectivity index (χ0n) is 13.6. The Morgan fingerprint density at radius 3 is 2.67 bits per heavy atom. The number of likely N-dealkylation sites (tertiary alicyclic amines) is 1. The van der Waals surface area contributed by atoms with Crippen LogP contribution in [0.15, 0.2) is 12.4 Å². The largest absolute Gasteiger partial charge is 0.406 e. The van der Waals surface area contributed by atoms with Crippen LogP contribution in [-0.4, -0.2) is 77.2 Å². The van der Waals surface area contributed by atoms with E-state index in [1.807, 2.05) is 24.9 Å². The van der Waals surface area contributed by atoms with Crippen LogP contribution in [0.3, 0.4) is 0 Å². The Hall–Kier alpha value is -1.90. The number of alkyl halides is 3.